The molecule has 0 radical (unpaired) electrons. The summed E-state index contributed by atoms with van der Waals surface area (Å²) < 4.78 is 39.5. The van der Waals surface area contributed by atoms with Gasteiger partial charge in [0.25, 0.3) is 51.1 Å². The average molecular weight is 1010 g/mol. The van der Waals surface area contributed by atoms with E-state index in [1.807, 2.05) is 0 Å². The predicted molar refractivity (Wildman–Crippen MR) is 241 cm³/mol. The van der Waals surface area contributed by atoms with Gasteiger partial charge in [0.05, 0.1) is 13.2 Å². The molecular formula is C42H73N5O19P2-2. The molecule has 3 heterocycles. The number of nitrogens with one attached hydrogen (secondary N) is 1. The van der Waals surface area contributed by atoms with E-state index in [9.17, 15) is 62.4 Å². The topological polar surface area (TPSA) is 351 Å². The van der Waals surface area contributed by atoms with Gasteiger partial charge in [0.15, 0.2) is 0 Å². The molecule has 0 spiro atoms. The van der Waals surface area contributed by atoms with Crippen molar-refractivity contribution in [2.75, 3.05) is 66.8 Å². The highest BCUT2D eigenvalue weighted by atomic mass is 31.2. The lowest BCUT2D eigenvalue weighted by atomic mass is 10.0. The second-order valence-corrected chi connectivity index (χ2v) is 18.1. The number of phosphoric acid groups is 2. The summed E-state index contributed by atoms with van der Waals surface area (Å²) in [6.07, 6.45) is 13.7. The molecule has 3 aliphatic heterocycles. The molecule has 0 bridgehead atoms. The number of amides is 7. The lowest BCUT2D eigenvalue weighted by Gasteiger charge is -2.23. The second-order valence-electron chi connectivity index (χ2n) is 15.1. The molecule has 68 heavy (non-hydrogen) atoms. The molecule has 0 aliphatic carbocycles. The Morgan fingerprint density at radius 3 is 1.47 bits per heavy atom. The first-order valence-corrected chi connectivity index (χ1v) is 24.6. The molecule has 1 saturated heterocycles. The van der Waals surface area contributed by atoms with Gasteiger partial charge < -0.3 is 54.0 Å². The normalized spacial score (nSPS) is 16.8. The van der Waals surface area contributed by atoms with Gasteiger partial charge in [-0.1, -0.05) is 40.5 Å². The number of aliphatic hydroxyl groups is 2. The van der Waals surface area contributed by atoms with Crippen LogP contribution in [0.1, 0.15) is 118 Å². The van der Waals surface area contributed by atoms with Crippen molar-refractivity contribution in [2.45, 2.75) is 118 Å². The number of nitrogens with two attached hydrogens (primary N) is 1. The minimum Gasteiger partial charge on any atom is -0.756 e. The molecule has 4 unspecified atom stereocenters. The largest absolute Gasteiger partial charge is 0.756 e. The summed E-state index contributed by atoms with van der Waals surface area (Å²) in [5.74, 6) is -3.43. The summed E-state index contributed by atoms with van der Waals surface area (Å²) in [6, 6.07) is 0. The van der Waals surface area contributed by atoms with Crippen molar-refractivity contribution in [1.29, 1.82) is 0 Å². The summed E-state index contributed by atoms with van der Waals surface area (Å²) in [4.78, 5) is 120. The Balaban J connectivity index is 0. The fourth-order valence-electron chi connectivity index (χ4n) is 5.96. The average Bonchev–Trinajstić information content (AvgIpc) is 3.91. The zero-order valence-electron chi connectivity index (χ0n) is 37.6. The van der Waals surface area contributed by atoms with Crippen molar-refractivity contribution < 1.29 is 90.4 Å². The van der Waals surface area contributed by atoms with E-state index in [1.54, 1.807) is 0 Å². The quantitative estimate of drug-likeness (QED) is 0.0423. The van der Waals surface area contributed by atoms with Gasteiger partial charge in [-0.15, -0.1) is 5.06 Å². The van der Waals surface area contributed by atoms with Crippen LogP contribution in [0.2, 0.25) is 0 Å². The molecule has 5 N–H and O–H groups in total. The van der Waals surface area contributed by atoms with Gasteiger partial charge in [-0.3, -0.25) is 52.5 Å². The highest BCUT2D eigenvalue weighted by molar-refractivity contribution is 7.46. The number of nitrogens with zero attached hydrogens (tertiary/aromatic N) is 3. The number of rotatable bonds is 32. The maximum absolute atomic E-state index is 11.8. The number of carbonyl (C=O) groups excluding carboxylic acids is 8. The van der Waals surface area contributed by atoms with E-state index >= 15 is 0 Å². The second kappa shape index (κ2) is 36.9. The predicted octanol–water partition coefficient (Wildman–Crippen LogP) is 1.70. The van der Waals surface area contributed by atoms with Crippen molar-refractivity contribution in [2.24, 2.45) is 17.6 Å². The third-order valence-corrected chi connectivity index (χ3v) is 11.7. The SMILES string of the molecule is C.C.COP(=O)([O-])OCC(CO)CCCCN.COP(=O)([O-])OCC(CO)CCCCNC(=O)CCCCCN1C(=O)C=CC1=O.O=C(CCCCCN1C(=O)C=CC1=O)ON1C(=O)CCC1=O. The van der Waals surface area contributed by atoms with Gasteiger partial charge in [-0.2, -0.15) is 0 Å². The van der Waals surface area contributed by atoms with Gasteiger partial charge >= 0.3 is 5.97 Å². The molecule has 0 aromatic carbocycles. The standard InChI is InChI=1S/C18H31N2O8P.C14H16N2O6.C8H20NO5P.2CH4/c1-27-29(25,26)28-14-15(13-21)7-4-5-11-19-16(22)8-3-2-6-12-20-17(23)9-10-18(20)24;17-10-5-6-11(18)15(10)9-3-1-2-4-14(21)22-16-12(19)7-8-13(16)20;1-13-15(11,12)14-7-8(6-10)4-2-3-5-9;;/h9-10,15,21H,2-8,11-14H2,1H3,(H,19,22)(H,25,26);5-6H,1-4,7-9H2;8,10H,2-7,9H2,1H3,(H,11,12);2*1H4/p-2. The number of phosphoric ester groups is 2. The highest BCUT2D eigenvalue weighted by Crippen LogP contribution is 2.38. The Morgan fingerprint density at radius 2 is 1.07 bits per heavy atom. The van der Waals surface area contributed by atoms with Crippen molar-refractivity contribution in [1.82, 2.24) is 20.2 Å². The maximum Gasteiger partial charge on any atom is 0.333 e. The molecule has 3 rings (SSSR count). The fourth-order valence-corrected chi connectivity index (χ4v) is 6.96. The van der Waals surface area contributed by atoms with Crippen LogP contribution in [-0.2, 0) is 70.4 Å². The summed E-state index contributed by atoms with van der Waals surface area (Å²) >= 11 is 0. The van der Waals surface area contributed by atoms with Crippen LogP contribution in [0.3, 0.4) is 0 Å². The van der Waals surface area contributed by atoms with Crippen molar-refractivity contribution >= 4 is 63.0 Å². The zero-order valence-corrected chi connectivity index (χ0v) is 39.4. The molecule has 7 amide bonds. The van der Waals surface area contributed by atoms with Crippen LogP contribution in [0.15, 0.2) is 24.3 Å². The van der Waals surface area contributed by atoms with E-state index in [0.29, 0.717) is 95.5 Å². The van der Waals surface area contributed by atoms with Gasteiger partial charge in [-0.05, 0) is 57.9 Å². The Morgan fingerprint density at radius 1 is 0.662 bits per heavy atom. The minimum atomic E-state index is -4.28. The Kier molecular flexibility index (Phi) is 35.8. The fraction of sp³-hybridized carbons (Fsp3) is 0.714. The van der Waals surface area contributed by atoms with E-state index < -0.39 is 33.4 Å². The Hall–Kier alpha value is -4.06. The van der Waals surface area contributed by atoms with Crippen LogP contribution in [0.25, 0.3) is 0 Å². The van der Waals surface area contributed by atoms with Crippen molar-refractivity contribution in [3.05, 3.63) is 24.3 Å². The van der Waals surface area contributed by atoms with Crippen LogP contribution in [-0.4, -0.2) is 139 Å². The lowest BCUT2D eigenvalue weighted by Crippen LogP contribution is -2.32. The third kappa shape index (κ3) is 28.4. The van der Waals surface area contributed by atoms with Gasteiger partial charge in [0, 0.05) is 109 Å². The maximum atomic E-state index is 11.8. The van der Waals surface area contributed by atoms with E-state index in [2.05, 4.69) is 23.4 Å². The van der Waals surface area contributed by atoms with Crippen LogP contribution in [0.5, 0.6) is 0 Å². The summed E-state index contributed by atoms with van der Waals surface area (Å²) in [5.41, 5.74) is 5.31. The number of aliphatic hydroxyl groups excluding tert-OH is 2. The zero-order chi connectivity index (χ0) is 49.5. The van der Waals surface area contributed by atoms with Gasteiger partial charge in [0.1, 0.15) is 0 Å². The number of carbonyl (C=O) groups is 8. The van der Waals surface area contributed by atoms with Gasteiger partial charge in [0.2, 0.25) is 5.91 Å². The number of hydrogen-bond donors (Lipinski definition) is 4. The van der Waals surface area contributed by atoms with E-state index in [4.69, 9.17) is 15.7 Å². The van der Waals surface area contributed by atoms with Crippen LogP contribution < -0.4 is 20.8 Å². The van der Waals surface area contributed by atoms with Crippen molar-refractivity contribution in [3.8, 4) is 0 Å². The summed E-state index contributed by atoms with van der Waals surface area (Å²) in [6.45, 7) is 1.29. The van der Waals surface area contributed by atoms with Crippen molar-refractivity contribution in [3.63, 3.8) is 0 Å². The first-order chi connectivity index (χ1) is 31.3. The molecule has 0 aromatic rings. The molecule has 3 aliphatic rings. The minimum absolute atomic E-state index is 0. The summed E-state index contributed by atoms with van der Waals surface area (Å²) in [5, 5.41) is 21.5. The highest BCUT2D eigenvalue weighted by Gasteiger charge is 2.32. The molecule has 392 valence electrons. The Bertz CT molecular complexity index is 1700. The molecule has 26 heteroatoms. The lowest BCUT2D eigenvalue weighted by molar-refractivity contribution is -0.225. The molecule has 0 saturated carbocycles. The first-order valence-electron chi connectivity index (χ1n) is 21.7. The monoisotopic (exact) mass is 1010 g/mol. The number of unbranched alkanes of at least 4 members (excludes halogenated alkanes) is 6. The number of imide groups is 3. The third-order valence-electron chi connectivity index (χ3n) is 9.88. The number of hydrogen-bond acceptors (Lipinski definition) is 20. The smallest absolute Gasteiger partial charge is 0.333 e. The summed E-state index contributed by atoms with van der Waals surface area (Å²) in [7, 11) is -6.40. The molecular weight excluding hydrogens is 940 g/mol. The van der Waals surface area contributed by atoms with E-state index in [-0.39, 0.29) is 102 Å². The Labute approximate surface area is 399 Å². The van der Waals surface area contributed by atoms with E-state index in [1.165, 1.54) is 29.2 Å². The van der Waals surface area contributed by atoms with Gasteiger partial charge in [-0.25, -0.2) is 4.79 Å². The van der Waals surface area contributed by atoms with E-state index in [0.717, 1.165) is 38.4 Å². The first kappa shape index (κ1) is 66.0. The van der Waals surface area contributed by atoms with Crippen LogP contribution in [0.4, 0.5) is 0 Å². The molecule has 1 fully saturated rings. The van der Waals surface area contributed by atoms with Crippen LogP contribution in [0, 0.1) is 11.8 Å². The number of hydroxylamine groups is 2. The van der Waals surface area contributed by atoms with Crippen LogP contribution >= 0.6 is 15.6 Å². The molecule has 24 nitrogen and oxygen atoms in total. The molecule has 0 aromatic heterocycles. The molecule has 4 atom stereocenters.